The van der Waals surface area contributed by atoms with E-state index in [4.69, 9.17) is 23.2 Å². The molecule has 0 radical (unpaired) electrons. The number of nitrogens with zero attached hydrogens (tertiary/aromatic N) is 4. The highest BCUT2D eigenvalue weighted by Gasteiger charge is 2.17. The molecule has 0 unspecified atom stereocenters. The molecule has 1 atom stereocenters. The highest BCUT2D eigenvalue weighted by molar-refractivity contribution is 6.35. The van der Waals surface area contributed by atoms with E-state index >= 15 is 0 Å². The lowest BCUT2D eigenvalue weighted by molar-refractivity contribution is 0.197. The number of nitrogens with one attached hydrogen (secondary N) is 1. The molecule has 1 aromatic carbocycles. The molecular weight excluding hydrogens is 309 g/mol. The van der Waals surface area contributed by atoms with Crippen LogP contribution < -0.4 is 5.32 Å². The Hall–Kier alpha value is -1.14. The Bertz CT molecular complexity index is 628. The summed E-state index contributed by atoms with van der Waals surface area (Å²) in [7, 11) is 0. The van der Waals surface area contributed by atoms with E-state index in [0.29, 0.717) is 16.1 Å². The monoisotopic (exact) mass is 325 g/mol. The van der Waals surface area contributed by atoms with Gasteiger partial charge in [0.15, 0.2) is 0 Å². The van der Waals surface area contributed by atoms with Crippen LogP contribution in [-0.2, 0) is 6.54 Å². The summed E-state index contributed by atoms with van der Waals surface area (Å²) in [6, 6.07) is 5.86. The van der Waals surface area contributed by atoms with Gasteiger partial charge >= 0.3 is 0 Å². The van der Waals surface area contributed by atoms with Gasteiger partial charge in [0.2, 0.25) is 0 Å². The number of piperazine rings is 1. The maximum absolute atomic E-state index is 6.19. The largest absolute Gasteiger partial charge is 0.312 e. The number of halogens is 2. The van der Waals surface area contributed by atoms with Crippen LogP contribution >= 0.6 is 23.2 Å². The Balaban J connectivity index is 1.74. The lowest BCUT2D eigenvalue weighted by Crippen LogP contribution is -2.48. The number of benzene rings is 1. The van der Waals surface area contributed by atoms with Gasteiger partial charge in [-0.15, -0.1) is 5.10 Å². The van der Waals surface area contributed by atoms with Gasteiger partial charge in [-0.1, -0.05) is 28.4 Å². The molecule has 1 N–H and O–H groups in total. The quantitative estimate of drug-likeness (QED) is 0.941. The molecule has 0 saturated carbocycles. The molecular formula is C14H17Cl2N5. The molecule has 21 heavy (non-hydrogen) atoms. The minimum absolute atomic E-state index is 0.513. The predicted molar refractivity (Wildman–Crippen MR) is 84.1 cm³/mol. The van der Waals surface area contributed by atoms with Crippen molar-refractivity contribution in [2.45, 2.75) is 19.5 Å². The van der Waals surface area contributed by atoms with E-state index in [1.54, 1.807) is 16.8 Å². The van der Waals surface area contributed by atoms with Crippen molar-refractivity contribution in [2.75, 3.05) is 19.6 Å². The molecule has 1 saturated heterocycles. The van der Waals surface area contributed by atoms with E-state index in [1.165, 1.54) is 0 Å². The van der Waals surface area contributed by atoms with E-state index in [9.17, 15) is 0 Å². The van der Waals surface area contributed by atoms with E-state index in [-0.39, 0.29) is 0 Å². The van der Waals surface area contributed by atoms with E-state index < -0.39 is 0 Å². The highest BCUT2D eigenvalue weighted by Crippen LogP contribution is 2.23. The van der Waals surface area contributed by atoms with Crippen LogP contribution in [0.4, 0.5) is 0 Å². The molecule has 1 aliphatic rings. The van der Waals surface area contributed by atoms with Gasteiger partial charge in [-0.25, -0.2) is 4.68 Å². The second-order valence-electron chi connectivity index (χ2n) is 5.34. The fourth-order valence-corrected chi connectivity index (χ4v) is 3.04. The molecule has 112 valence electrons. The third-order valence-electron chi connectivity index (χ3n) is 3.54. The fraction of sp³-hybridized carbons (Fsp3) is 0.429. The first-order valence-corrected chi connectivity index (χ1v) is 7.70. The second kappa shape index (κ2) is 6.32. The maximum atomic E-state index is 6.19. The summed E-state index contributed by atoms with van der Waals surface area (Å²) in [4.78, 5) is 2.37. The van der Waals surface area contributed by atoms with Crippen LogP contribution in [0.25, 0.3) is 5.69 Å². The maximum Gasteiger partial charge on any atom is 0.0971 e. The van der Waals surface area contributed by atoms with Gasteiger partial charge < -0.3 is 5.32 Å². The fourth-order valence-electron chi connectivity index (χ4n) is 2.54. The first-order chi connectivity index (χ1) is 10.1. The van der Waals surface area contributed by atoms with E-state index in [2.05, 4.69) is 27.5 Å². The molecule has 0 spiro atoms. The summed E-state index contributed by atoms with van der Waals surface area (Å²) in [5.41, 5.74) is 1.73. The molecule has 3 rings (SSSR count). The Morgan fingerprint density at radius 3 is 3.00 bits per heavy atom. The molecule has 1 aromatic heterocycles. The van der Waals surface area contributed by atoms with Crippen LogP contribution in [0.3, 0.4) is 0 Å². The summed E-state index contributed by atoms with van der Waals surface area (Å²) in [6.07, 6.45) is 1.92. The lowest BCUT2D eigenvalue weighted by atomic mass is 10.2. The zero-order chi connectivity index (χ0) is 14.8. The van der Waals surface area contributed by atoms with Crippen LogP contribution in [0.1, 0.15) is 12.6 Å². The molecule has 1 aliphatic heterocycles. The van der Waals surface area contributed by atoms with Crippen molar-refractivity contribution in [3.8, 4) is 5.69 Å². The number of hydrogen-bond donors (Lipinski definition) is 1. The molecule has 0 amide bonds. The van der Waals surface area contributed by atoms with Gasteiger partial charge in [0.25, 0.3) is 0 Å². The van der Waals surface area contributed by atoms with Gasteiger partial charge in [0, 0.05) is 37.2 Å². The number of rotatable bonds is 3. The first-order valence-electron chi connectivity index (χ1n) is 6.94. The van der Waals surface area contributed by atoms with Crippen molar-refractivity contribution >= 4 is 23.2 Å². The van der Waals surface area contributed by atoms with Crippen molar-refractivity contribution in [1.29, 1.82) is 0 Å². The molecule has 7 heteroatoms. The van der Waals surface area contributed by atoms with Crippen LogP contribution in [0.15, 0.2) is 24.4 Å². The van der Waals surface area contributed by atoms with Gasteiger partial charge in [-0.05, 0) is 25.1 Å². The van der Waals surface area contributed by atoms with Crippen LogP contribution in [0.5, 0.6) is 0 Å². The average molecular weight is 326 g/mol. The highest BCUT2D eigenvalue weighted by atomic mass is 35.5. The lowest BCUT2D eigenvalue weighted by Gasteiger charge is -2.30. The SMILES string of the molecule is C[C@@H]1CN(Cc2cn(-c3ccc(Cl)cc3Cl)nn2)CCN1. The zero-order valence-electron chi connectivity index (χ0n) is 11.8. The van der Waals surface area contributed by atoms with Gasteiger partial charge in [0.05, 0.1) is 22.6 Å². The van der Waals surface area contributed by atoms with E-state index in [0.717, 1.165) is 37.6 Å². The summed E-state index contributed by atoms with van der Waals surface area (Å²) < 4.78 is 1.69. The van der Waals surface area contributed by atoms with Crippen molar-refractivity contribution in [2.24, 2.45) is 0 Å². The third-order valence-corrected chi connectivity index (χ3v) is 4.07. The summed E-state index contributed by atoms with van der Waals surface area (Å²) >= 11 is 12.1. The minimum Gasteiger partial charge on any atom is -0.312 e. The second-order valence-corrected chi connectivity index (χ2v) is 6.18. The van der Waals surface area contributed by atoms with Crippen LogP contribution in [0, 0.1) is 0 Å². The summed E-state index contributed by atoms with van der Waals surface area (Å²) in [6.45, 7) is 6.06. The summed E-state index contributed by atoms with van der Waals surface area (Å²) in [5.74, 6) is 0. The molecule has 1 fully saturated rings. The van der Waals surface area contributed by atoms with Gasteiger partial charge in [-0.2, -0.15) is 0 Å². The molecule has 0 aliphatic carbocycles. The van der Waals surface area contributed by atoms with Gasteiger partial charge in [0.1, 0.15) is 0 Å². The third kappa shape index (κ3) is 3.55. The Morgan fingerprint density at radius 1 is 1.38 bits per heavy atom. The Kier molecular flexibility index (Phi) is 4.45. The van der Waals surface area contributed by atoms with E-state index in [1.807, 2.05) is 12.3 Å². The molecule has 2 heterocycles. The Morgan fingerprint density at radius 2 is 2.24 bits per heavy atom. The van der Waals surface area contributed by atoms with Crippen molar-refractivity contribution in [3.05, 3.63) is 40.1 Å². The smallest absolute Gasteiger partial charge is 0.0971 e. The normalized spacial score (nSPS) is 19.9. The Labute approximate surface area is 133 Å². The average Bonchev–Trinajstić information content (AvgIpc) is 2.87. The number of hydrogen-bond acceptors (Lipinski definition) is 4. The topological polar surface area (TPSA) is 46.0 Å². The molecule has 5 nitrogen and oxygen atoms in total. The van der Waals surface area contributed by atoms with Gasteiger partial charge in [-0.3, -0.25) is 4.90 Å². The molecule has 2 aromatic rings. The van der Waals surface area contributed by atoms with Crippen LogP contribution in [0.2, 0.25) is 10.0 Å². The standard InChI is InChI=1S/C14H17Cl2N5/c1-10-7-20(5-4-17-10)8-12-9-21(19-18-12)14-3-2-11(15)6-13(14)16/h2-3,6,9-10,17H,4-5,7-8H2,1H3/t10-/m1/s1. The van der Waals surface area contributed by atoms with Crippen molar-refractivity contribution in [1.82, 2.24) is 25.2 Å². The first kappa shape index (κ1) is 14.8. The predicted octanol–water partition coefficient (Wildman–Crippen LogP) is 2.37. The summed E-state index contributed by atoms with van der Waals surface area (Å²) in [5, 5.41) is 13.0. The number of aromatic nitrogens is 3. The zero-order valence-corrected chi connectivity index (χ0v) is 13.3. The minimum atomic E-state index is 0.513. The van der Waals surface area contributed by atoms with Crippen molar-refractivity contribution in [3.63, 3.8) is 0 Å². The molecule has 0 bridgehead atoms. The van der Waals surface area contributed by atoms with Crippen molar-refractivity contribution < 1.29 is 0 Å². The van der Waals surface area contributed by atoms with Crippen LogP contribution in [-0.4, -0.2) is 45.6 Å².